The molecule has 2 aliphatic rings. The van der Waals surface area contributed by atoms with Gasteiger partial charge in [0.05, 0.1) is 11.9 Å². The number of carbonyl (C=O) groups is 1. The summed E-state index contributed by atoms with van der Waals surface area (Å²) in [5.41, 5.74) is 3.71. The van der Waals surface area contributed by atoms with Gasteiger partial charge < -0.3 is 10.2 Å². The molecule has 1 aliphatic carbocycles. The Balaban J connectivity index is 1.40. The Bertz CT molecular complexity index is 753. The van der Waals surface area contributed by atoms with E-state index in [1.165, 1.54) is 30.5 Å². The number of carbonyl (C=O) groups excluding carboxylic acids is 1. The number of hydrogen-bond acceptors (Lipinski definition) is 3. The van der Waals surface area contributed by atoms with Gasteiger partial charge in [-0.3, -0.25) is 5.32 Å². The standard InChI is InChI=1S/C21H26N4O/c26-21(23-17-9-2-1-3-10-17)24-20-13-12-18(15-22-20)25-14-6-8-16-7-4-5-11-19(16)25/h4-5,7,11-13,15,17H,1-3,6,8-10,14H2,(H2,22,23,24,26). The largest absolute Gasteiger partial charge is 0.340 e. The molecule has 2 amide bonds. The molecule has 1 saturated carbocycles. The van der Waals surface area contributed by atoms with Gasteiger partial charge in [0, 0.05) is 18.3 Å². The van der Waals surface area contributed by atoms with Crippen molar-refractivity contribution in [2.45, 2.75) is 51.0 Å². The highest BCUT2D eigenvalue weighted by Crippen LogP contribution is 2.33. The van der Waals surface area contributed by atoms with Gasteiger partial charge >= 0.3 is 6.03 Å². The maximum absolute atomic E-state index is 12.2. The number of para-hydroxylation sites is 1. The Labute approximate surface area is 154 Å². The summed E-state index contributed by atoms with van der Waals surface area (Å²) >= 11 is 0. The number of urea groups is 1. The summed E-state index contributed by atoms with van der Waals surface area (Å²) in [6, 6.07) is 12.6. The number of rotatable bonds is 3. The smallest absolute Gasteiger partial charge is 0.320 e. The first-order chi connectivity index (χ1) is 12.8. The zero-order valence-electron chi connectivity index (χ0n) is 15.1. The van der Waals surface area contributed by atoms with E-state index in [0.29, 0.717) is 11.9 Å². The maximum atomic E-state index is 12.2. The molecule has 0 spiro atoms. The van der Waals surface area contributed by atoms with Gasteiger partial charge in [-0.2, -0.15) is 0 Å². The van der Waals surface area contributed by atoms with Crippen molar-refractivity contribution in [3.8, 4) is 0 Å². The minimum Gasteiger partial charge on any atom is -0.340 e. The first kappa shape index (κ1) is 16.9. The van der Waals surface area contributed by atoms with Crippen LogP contribution in [0.15, 0.2) is 42.6 Å². The Hall–Kier alpha value is -2.56. The summed E-state index contributed by atoms with van der Waals surface area (Å²) in [7, 11) is 0. The lowest BCUT2D eigenvalue weighted by molar-refractivity contribution is 0.244. The first-order valence-corrected chi connectivity index (χ1v) is 9.68. The predicted molar refractivity (Wildman–Crippen MR) is 105 cm³/mol. The second-order valence-corrected chi connectivity index (χ2v) is 7.22. The van der Waals surface area contributed by atoms with Crippen molar-refractivity contribution in [3.63, 3.8) is 0 Å². The molecule has 26 heavy (non-hydrogen) atoms. The van der Waals surface area contributed by atoms with Gasteiger partial charge in [0.2, 0.25) is 0 Å². The number of nitrogens with one attached hydrogen (secondary N) is 2. The van der Waals surface area contributed by atoms with Crippen molar-refractivity contribution >= 4 is 23.2 Å². The summed E-state index contributed by atoms with van der Waals surface area (Å²) < 4.78 is 0. The third-order valence-electron chi connectivity index (χ3n) is 5.35. The molecular weight excluding hydrogens is 324 g/mol. The van der Waals surface area contributed by atoms with E-state index in [4.69, 9.17) is 0 Å². The van der Waals surface area contributed by atoms with E-state index in [-0.39, 0.29) is 6.03 Å². The molecule has 0 radical (unpaired) electrons. The molecule has 0 atom stereocenters. The highest BCUT2D eigenvalue weighted by molar-refractivity contribution is 5.88. The number of aryl methyl sites for hydroxylation is 1. The van der Waals surface area contributed by atoms with Crippen LogP contribution in [0.25, 0.3) is 0 Å². The normalized spacial score (nSPS) is 17.5. The Morgan fingerprint density at radius 3 is 2.69 bits per heavy atom. The Kier molecular flexibility index (Phi) is 5.04. The van der Waals surface area contributed by atoms with E-state index in [1.54, 1.807) is 0 Å². The highest BCUT2D eigenvalue weighted by Gasteiger charge is 2.18. The van der Waals surface area contributed by atoms with Crippen LogP contribution in [0.5, 0.6) is 0 Å². The van der Waals surface area contributed by atoms with Crippen LogP contribution >= 0.6 is 0 Å². The van der Waals surface area contributed by atoms with Crippen LogP contribution < -0.4 is 15.5 Å². The number of aromatic nitrogens is 1. The lowest BCUT2D eigenvalue weighted by Gasteiger charge is -2.31. The van der Waals surface area contributed by atoms with Crippen molar-refractivity contribution in [2.24, 2.45) is 0 Å². The molecule has 1 aromatic carbocycles. The number of amides is 2. The number of hydrogen-bond donors (Lipinski definition) is 2. The summed E-state index contributed by atoms with van der Waals surface area (Å²) in [6.45, 7) is 0.994. The average molecular weight is 350 g/mol. The van der Waals surface area contributed by atoms with Crippen molar-refractivity contribution in [1.29, 1.82) is 0 Å². The Morgan fingerprint density at radius 2 is 1.88 bits per heavy atom. The summed E-state index contributed by atoms with van der Waals surface area (Å²) in [6.07, 6.45) is 9.95. The molecule has 2 heterocycles. The zero-order valence-corrected chi connectivity index (χ0v) is 15.1. The van der Waals surface area contributed by atoms with Crippen LogP contribution in [0, 0.1) is 0 Å². The number of benzene rings is 1. The molecule has 0 bridgehead atoms. The fraction of sp³-hybridized carbons (Fsp3) is 0.429. The van der Waals surface area contributed by atoms with E-state index in [2.05, 4.69) is 44.8 Å². The van der Waals surface area contributed by atoms with Crippen LogP contribution in [0.4, 0.5) is 22.0 Å². The fourth-order valence-corrected chi connectivity index (χ4v) is 4.01. The van der Waals surface area contributed by atoms with Crippen molar-refractivity contribution in [3.05, 3.63) is 48.2 Å². The third-order valence-corrected chi connectivity index (χ3v) is 5.35. The molecule has 4 rings (SSSR count). The second-order valence-electron chi connectivity index (χ2n) is 7.22. The lowest BCUT2D eigenvalue weighted by atomic mass is 9.96. The van der Waals surface area contributed by atoms with Crippen molar-refractivity contribution in [1.82, 2.24) is 10.3 Å². The third kappa shape index (κ3) is 3.82. The molecule has 2 aromatic rings. The molecule has 1 aromatic heterocycles. The molecule has 0 saturated heterocycles. The second kappa shape index (κ2) is 7.77. The van der Waals surface area contributed by atoms with Gasteiger partial charge in [0.25, 0.3) is 0 Å². The van der Waals surface area contributed by atoms with Crippen LogP contribution in [-0.2, 0) is 6.42 Å². The number of pyridine rings is 1. The SMILES string of the molecule is O=C(Nc1ccc(N2CCCc3ccccc32)cn1)NC1CCCCC1. The summed E-state index contributed by atoms with van der Waals surface area (Å²) in [5, 5.41) is 5.92. The number of fused-ring (bicyclic) bond motifs is 1. The van der Waals surface area contributed by atoms with E-state index < -0.39 is 0 Å². The minimum absolute atomic E-state index is 0.152. The molecule has 2 N–H and O–H groups in total. The number of anilines is 3. The van der Waals surface area contributed by atoms with Crippen LogP contribution in [-0.4, -0.2) is 23.6 Å². The number of nitrogens with zero attached hydrogens (tertiary/aromatic N) is 2. The van der Waals surface area contributed by atoms with Crippen molar-refractivity contribution in [2.75, 3.05) is 16.8 Å². The lowest BCUT2D eigenvalue weighted by Crippen LogP contribution is -2.39. The van der Waals surface area contributed by atoms with Gasteiger partial charge in [-0.1, -0.05) is 37.5 Å². The van der Waals surface area contributed by atoms with Crippen LogP contribution in [0.1, 0.15) is 44.1 Å². The van der Waals surface area contributed by atoms with E-state index in [9.17, 15) is 4.79 Å². The van der Waals surface area contributed by atoms with E-state index >= 15 is 0 Å². The molecule has 136 valence electrons. The van der Waals surface area contributed by atoms with E-state index in [1.807, 2.05) is 18.3 Å². The molecule has 1 aliphatic heterocycles. The topological polar surface area (TPSA) is 57.3 Å². The Morgan fingerprint density at radius 1 is 1.04 bits per heavy atom. The van der Waals surface area contributed by atoms with Gasteiger partial charge in [0.15, 0.2) is 0 Å². The van der Waals surface area contributed by atoms with Crippen LogP contribution in [0.3, 0.4) is 0 Å². The quantitative estimate of drug-likeness (QED) is 0.849. The van der Waals surface area contributed by atoms with Gasteiger partial charge in [-0.05, 0) is 49.4 Å². The van der Waals surface area contributed by atoms with Crippen LogP contribution in [0.2, 0.25) is 0 Å². The predicted octanol–water partition coefficient (Wildman–Crippen LogP) is 4.62. The molecule has 5 nitrogen and oxygen atoms in total. The molecule has 0 unspecified atom stereocenters. The van der Waals surface area contributed by atoms with Gasteiger partial charge in [-0.15, -0.1) is 0 Å². The summed E-state index contributed by atoms with van der Waals surface area (Å²) in [4.78, 5) is 18.9. The summed E-state index contributed by atoms with van der Waals surface area (Å²) in [5.74, 6) is 0.590. The zero-order chi connectivity index (χ0) is 17.8. The monoisotopic (exact) mass is 350 g/mol. The van der Waals surface area contributed by atoms with Gasteiger partial charge in [0.1, 0.15) is 5.82 Å². The molecule has 1 fully saturated rings. The first-order valence-electron chi connectivity index (χ1n) is 9.68. The molecular formula is C21H26N4O. The van der Waals surface area contributed by atoms with Gasteiger partial charge in [-0.25, -0.2) is 9.78 Å². The van der Waals surface area contributed by atoms with E-state index in [0.717, 1.165) is 37.9 Å². The van der Waals surface area contributed by atoms with Crippen molar-refractivity contribution < 1.29 is 4.79 Å². The molecule has 5 heteroatoms. The maximum Gasteiger partial charge on any atom is 0.320 e. The minimum atomic E-state index is -0.152. The fourth-order valence-electron chi connectivity index (χ4n) is 4.01. The highest BCUT2D eigenvalue weighted by atomic mass is 16.2. The average Bonchev–Trinajstić information content (AvgIpc) is 2.69.